The molecule has 2 aromatic rings. The zero-order valence-electron chi connectivity index (χ0n) is 12.2. The van der Waals surface area contributed by atoms with Gasteiger partial charge in [0.2, 0.25) is 0 Å². The normalized spacial score (nSPS) is 12.7. The van der Waals surface area contributed by atoms with Crippen molar-refractivity contribution in [1.29, 1.82) is 0 Å². The first-order chi connectivity index (χ1) is 9.95. The maximum Gasteiger partial charge on any atom is 0.162 e. The van der Waals surface area contributed by atoms with E-state index in [-0.39, 0.29) is 17.5 Å². The van der Waals surface area contributed by atoms with E-state index in [9.17, 15) is 9.50 Å². The molecule has 0 amide bonds. The van der Waals surface area contributed by atoms with Crippen molar-refractivity contribution < 1.29 is 14.2 Å². The van der Waals surface area contributed by atoms with E-state index in [1.54, 1.807) is 23.0 Å². The molecule has 0 aliphatic heterocycles. The van der Waals surface area contributed by atoms with Crippen molar-refractivity contribution >= 4 is 11.6 Å². The van der Waals surface area contributed by atoms with Crippen LogP contribution in [0.4, 0.5) is 4.39 Å². The molecule has 4 nitrogen and oxygen atoms in total. The molecule has 21 heavy (non-hydrogen) atoms. The highest BCUT2D eigenvalue weighted by atomic mass is 35.5. The second kappa shape index (κ2) is 6.45. The van der Waals surface area contributed by atoms with Crippen molar-refractivity contribution in [3.8, 4) is 5.75 Å². The number of aliphatic hydroxyl groups is 1. The second-order valence-corrected chi connectivity index (χ2v) is 5.48. The van der Waals surface area contributed by atoms with Gasteiger partial charge in [-0.05, 0) is 25.5 Å². The maximum absolute atomic E-state index is 13.9. The first-order valence-corrected chi connectivity index (χ1v) is 7.05. The van der Waals surface area contributed by atoms with Crippen LogP contribution < -0.4 is 4.74 Å². The SMILES string of the molecule is COc1cnn(C(C)C)c1C(O)Cc1cccc(Cl)c1F. The maximum atomic E-state index is 13.9. The van der Waals surface area contributed by atoms with Gasteiger partial charge < -0.3 is 9.84 Å². The first kappa shape index (κ1) is 15.8. The third-order valence-corrected chi connectivity index (χ3v) is 3.56. The summed E-state index contributed by atoms with van der Waals surface area (Å²) in [6.07, 6.45) is 0.714. The summed E-state index contributed by atoms with van der Waals surface area (Å²) in [5, 5.41) is 14.7. The Bertz CT molecular complexity index is 628. The van der Waals surface area contributed by atoms with Crippen LogP contribution in [-0.2, 0) is 6.42 Å². The first-order valence-electron chi connectivity index (χ1n) is 6.68. The molecule has 1 aromatic carbocycles. The van der Waals surface area contributed by atoms with Crippen molar-refractivity contribution in [3.05, 3.63) is 46.5 Å². The second-order valence-electron chi connectivity index (χ2n) is 5.07. The standard InChI is InChI=1S/C15H18ClFN2O2/c1-9(2)19-15(13(21-3)8-18-19)12(20)7-10-5-4-6-11(16)14(10)17/h4-6,8-9,12,20H,7H2,1-3H3. The number of nitrogens with zero attached hydrogens (tertiary/aromatic N) is 2. The fraction of sp³-hybridized carbons (Fsp3) is 0.400. The highest BCUT2D eigenvalue weighted by Crippen LogP contribution is 2.31. The Kier molecular flexibility index (Phi) is 4.85. The quantitative estimate of drug-likeness (QED) is 0.918. The number of hydrogen-bond donors (Lipinski definition) is 1. The minimum absolute atomic E-state index is 0.0454. The van der Waals surface area contributed by atoms with Gasteiger partial charge in [-0.2, -0.15) is 5.10 Å². The molecule has 1 atom stereocenters. The van der Waals surface area contributed by atoms with Gasteiger partial charge in [0.05, 0.1) is 18.3 Å². The number of hydrogen-bond acceptors (Lipinski definition) is 3. The zero-order chi connectivity index (χ0) is 15.6. The Morgan fingerprint density at radius 3 is 2.76 bits per heavy atom. The number of halogens is 2. The smallest absolute Gasteiger partial charge is 0.162 e. The molecular weight excluding hydrogens is 295 g/mol. The number of benzene rings is 1. The topological polar surface area (TPSA) is 47.3 Å². The molecule has 0 spiro atoms. The van der Waals surface area contributed by atoms with Gasteiger partial charge in [0.25, 0.3) is 0 Å². The lowest BCUT2D eigenvalue weighted by Gasteiger charge is -2.17. The van der Waals surface area contributed by atoms with Gasteiger partial charge in [0.15, 0.2) is 5.75 Å². The van der Waals surface area contributed by atoms with Crippen molar-refractivity contribution in [2.75, 3.05) is 7.11 Å². The van der Waals surface area contributed by atoms with E-state index in [4.69, 9.17) is 16.3 Å². The van der Waals surface area contributed by atoms with Crippen LogP contribution in [0.2, 0.25) is 5.02 Å². The van der Waals surface area contributed by atoms with Gasteiger partial charge in [-0.1, -0.05) is 23.7 Å². The molecule has 1 unspecified atom stereocenters. The van der Waals surface area contributed by atoms with Gasteiger partial charge in [-0.15, -0.1) is 0 Å². The minimum atomic E-state index is -0.933. The van der Waals surface area contributed by atoms with Crippen LogP contribution in [0, 0.1) is 5.82 Å². The van der Waals surface area contributed by atoms with E-state index in [1.165, 1.54) is 13.2 Å². The van der Waals surface area contributed by atoms with Crippen LogP contribution in [0.1, 0.15) is 37.3 Å². The molecule has 2 rings (SSSR count). The molecule has 114 valence electrons. The average Bonchev–Trinajstić information content (AvgIpc) is 2.88. The monoisotopic (exact) mass is 312 g/mol. The summed E-state index contributed by atoms with van der Waals surface area (Å²) in [5.41, 5.74) is 0.889. The predicted molar refractivity (Wildman–Crippen MR) is 79.2 cm³/mol. The molecule has 6 heteroatoms. The fourth-order valence-electron chi connectivity index (χ4n) is 2.25. The van der Waals surface area contributed by atoms with Crippen LogP contribution in [0.3, 0.4) is 0 Å². The van der Waals surface area contributed by atoms with Crippen LogP contribution >= 0.6 is 11.6 Å². The number of ether oxygens (including phenoxy) is 1. The van der Waals surface area contributed by atoms with Crippen LogP contribution in [0.25, 0.3) is 0 Å². The molecule has 0 aliphatic carbocycles. The van der Waals surface area contributed by atoms with Gasteiger partial charge in [0.1, 0.15) is 17.6 Å². The van der Waals surface area contributed by atoms with E-state index in [0.29, 0.717) is 17.0 Å². The summed E-state index contributed by atoms with van der Waals surface area (Å²) in [4.78, 5) is 0. The third kappa shape index (κ3) is 3.19. The molecule has 1 aromatic heterocycles. The van der Waals surface area contributed by atoms with Crippen molar-refractivity contribution in [2.24, 2.45) is 0 Å². The molecule has 0 bridgehead atoms. The van der Waals surface area contributed by atoms with Crippen LogP contribution in [0.5, 0.6) is 5.75 Å². The van der Waals surface area contributed by atoms with E-state index >= 15 is 0 Å². The summed E-state index contributed by atoms with van der Waals surface area (Å²) in [7, 11) is 1.51. The van der Waals surface area contributed by atoms with E-state index < -0.39 is 11.9 Å². The lowest BCUT2D eigenvalue weighted by atomic mass is 10.0. The summed E-state index contributed by atoms with van der Waals surface area (Å²) < 4.78 is 20.8. The van der Waals surface area contributed by atoms with E-state index in [1.807, 2.05) is 13.8 Å². The molecule has 0 saturated carbocycles. The lowest BCUT2D eigenvalue weighted by Crippen LogP contribution is -2.14. The number of aromatic nitrogens is 2. The highest BCUT2D eigenvalue weighted by molar-refractivity contribution is 6.30. The Morgan fingerprint density at radius 2 is 2.14 bits per heavy atom. The Hall–Kier alpha value is -1.59. The minimum Gasteiger partial charge on any atom is -0.493 e. The largest absolute Gasteiger partial charge is 0.493 e. The van der Waals surface area contributed by atoms with Gasteiger partial charge in [-0.3, -0.25) is 4.68 Å². The van der Waals surface area contributed by atoms with Crippen molar-refractivity contribution in [3.63, 3.8) is 0 Å². The molecular formula is C15H18ClFN2O2. The molecule has 0 aliphatic rings. The van der Waals surface area contributed by atoms with Crippen LogP contribution in [-0.4, -0.2) is 22.0 Å². The summed E-state index contributed by atoms with van der Waals surface area (Å²) >= 11 is 5.76. The third-order valence-electron chi connectivity index (χ3n) is 3.27. The highest BCUT2D eigenvalue weighted by Gasteiger charge is 2.23. The summed E-state index contributed by atoms with van der Waals surface area (Å²) in [6, 6.07) is 4.80. The molecule has 0 saturated heterocycles. The Morgan fingerprint density at radius 1 is 1.43 bits per heavy atom. The lowest BCUT2D eigenvalue weighted by molar-refractivity contribution is 0.159. The van der Waals surface area contributed by atoms with Gasteiger partial charge >= 0.3 is 0 Å². The zero-order valence-corrected chi connectivity index (χ0v) is 12.9. The Labute approximate surface area is 128 Å². The van der Waals surface area contributed by atoms with Crippen molar-refractivity contribution in [2.45, 2.75) is 32.4 Å². The average molecular weight is 313 g/mol. The number of rotatable bonds is 5. The predicted octanol–water partition coefficient (Wildman–Crippen LogP) is 3.54. The van der Waals surface area contributed by atoms with Crippen LogP contribution in [0.15, 0.2) is 24.4 Å². The summed E-state index contributed by atoms with van der Waals surface area (Å²) in [5.74, 6) is -0.0218. The van der Waals surface area contributed by atoms with Gasteiger partial charge in [-0.25, -0.2) is 4.39 Å². The van der Waals surface area contributed by atoms with E-state index in [0.717, 1.165) is 0 Å². The molecule has 0 fully saturated rings. The summed E-state index contributed by atoms with van der Waals surface area (Å²) in [6.45, 7) is 3.89. The van der Waals surface area contributed by atoms with Gasteiger partial charge in [0, 0.05) is 12.5 Å². The fourth-order valence-corrected chi connectivity index (χ4v) is 2.45. The van der Waals surface area contributed by atoms with Crippen molar-refractivity contribution in [1.82, 2.24) is 9.78 Å². The number of aliphatic hydroxyl groups excluding tert-OH is 1. The van der Waals surface area contributed by atoms with E-state index in [2.05, 4.69) is 5.10 Å². The molecule has 0 radical (unpaired) electrons. The number of methoxy groups -OCH3 is 1. The molecule has 1 N–H and O–H groups in total. The molecule has 1 heterocycles. The Balaban J connectivity index is 2.34.